The van der Waals surface area contributed by atoms with Gasteiger partial charge in [0, 0.05) is 5.92 Å². The number of hydrogen-bond donors (Lipinski definition) is 1. The summed E-state index contributed by atoms with van der Waals surface area (Å²) in [5, 5.41) is 9.03. The second-order valence-corrected chi connectivity index (χ2v) is 7.42. The minimum Gasteiger partial charge on any atom is -0.342 e. The second kappa shape index (κ2) is 4.10. The summed E-state index contributed by atoms with van der Waals surface area (Å²) in [6.07, 6.45) is 7.15. The molecule has 6 rings (SSSR count). The Labute approximate surface area is 124 Å². The monoisotopic (exact) mass is 277 g/mol. The lowest BCUT2D eigenvalue weighted by Gasteiger charge is -2.53. The fourth-order valence-corrected chi connectivity index (χ4v) is 5.63. The summed E-state index contributed by atoms with van der Waals surface area (Å²) in [6, 6.07) is 7.99. The molecule has 1 N–H and O–H groups in total. The van der Waals surface area contributed by atoms with Crippen molar-refractivity contribution in [3.63, 3.8) is 0 Å². The van der Waals surface area contributed by atoms with Gasteiger partial charge in [0.25, 0.3) is 0 Å². The first-order valence-corrected chi connectivity index (χ1v) is 8.20. The Morgan fingerprint density at radius 3 is 2.43 bits per heavy atom. The largest absolute Gasteiger partial charge is 0.342 e. The Morgan fingerprint density at radius 2 is 1.76 bits per heavy atom. The van der Waals surface area contributed by atoms with Gasteiger partial charge in [0.15, 0.2) is 0 Å². The summed E-state index contributed by atoms with van der Waals surface area (Å²) in [5.41, 5.74) is 2.75. The molecule has 0 amide bonds. The van der Waals surface area contributed by atoms with Crippen LogP contribution in [0.3, 0.4) is 0 Å². The van der Waals surface area contributed by atoms with Crippen LogP contribution in [0, 0.1) is 35.0 Å². The maximum absolute atomic E-state index is 9.03. The Morgan fingerprint density at radius 1 is 1.05 bits per heavy atom. The van der Waals surface area contributed by atoms with E-state index in [0.29, 0.717) is 11.5 Å². The van der Waals surface area contributed by atoms with E-state index in [2.05, 4.69) is 11.1 Å². The second-order valence-electron chi connectivity index (χ2n) is 7.42. The van der Waals surface area contributed by atoms with Crippen LogP contribution in [-0.2, 0) is 0 Å². The normalized spacial score (nSPS) is 37.0. The first kappa shape index (κ1) is 11.8. The van der Waals surface area contributed by atoms with Gasteiger partial charge in [-0.05, 0) is 74.0 Å². The van der Waals surface area contributed by atoms with Gasteiger partial charge in [0.1, 0.15) is 5.82 Å². The Balaban J connectivity index is 1.57. The number of benzene rings is 1. The Bertz CT molecular complexity index is 723. The van der Waals surface area contributed by atoms with Crippen LogP contribution in [0.25, 0.3) is 11.0 Å². The van der Waals surface area contributed by atoms with E-state index in [0.717, 1.165) is 34.7 Å². The molecule has 4 bridgehead atoms. The van der Waals surface area contributed by atoms with E-state index in [-0.39, 0.29) is 0 Å². The quantitative estimate of drug-likeness (QED) is 0.857. The number of hydrogen-bond acceptors (Lipinski definition) is 2. The predicted molar refractivity (Wildman–Crippen MR) is 80.6 cm³/mol. The molecule has 21 heavy (non-hydrogen) atoms. The van der Waals surface area contributed by atoms with Gasteiger partial charge in [-0.2, -0.15) is 5.26 Å². The molecule has 0 unspecified atom stereocenters. The minimum absolute atomic E-state index is 0.635. The van der Waals surface area contributed by atoms with E-state index in [1.165, 1.54) is 37.9 Å². The molecule has 0 spiro atoms. The van der Waals surface area contributed by atoms with Gasteiger partial charge in [-0.25, -0.2) is 4.98 Å². The van der Waals surface area contributed by atoms with Gasteiger partial charge in [-0.3, -0.25) is 0 Å². The molecule has 3 heteroatoms. The smallest absolute Gasteiger partial charge is 0.110 e. The van der Waals surface area contributed by atoms with Crippen molar-refractivity contribution in [3.8, 4) is 6.07 Å². The van der Waals surface area contributed by atoms with Gasteiger partial charge in [0.05, 0.1) is 22.7 Å². The topological polar surface area (TPSA) is 52.5 Å². The molecule has 3 nitrogen and oxygen atoms in total. The summed E-state index contributed by atoms with van der Waals surface area (Å²) >= 11 is 0. The zero-order valence-electron chi connectivity index (χ0n) is 12.0. The third kappa shape index (κ3) is 1.68. The van der Waals surface area contributed by atoms with Gasteiger partial charge >= 0.3 is 0 Å². The molecule has 0 aliphatic heterocycles. The first-order chi connectivity index (χ1) is 10.3. The van der Waals surface area contributed by atoms with Crippen molar-refractivity contribution >= 4 is 11.0 Å². The molecule has 0 radical (unpaired) electrons. The van der Waals surface area contributed by atoms with Crippen molar-refractivity contribution in [1.82, 2.24) is 9.97 Å². The van der Waals surface area contributed by atoms with E-state index >= 15 is 0 Å². The predicted octanol–water partition coefficient (Wildman–Crippen LogP) is 3.97. The summed E-state index contributed by atoms with van der Waals surface area (Å²) in [6.45, 7) is 0. The number of imidazole rings is 1. The van der Waals surface area contributed by atoms with Gasteiger partial charge in [-0.15, -0.1) is 0 Å². The van der Waals surface area contributed by atoms with Crippen LogP contribution in [0.5, 0.6) is 0 Å². The van der Waals surface area contributed by atoms with E-state index < -0.39 is 0 Å². The number of aromatic nitrogens is 2. The van der Waals surface area contributed by atoms with Gasteiger partial charge < -0.3 is 4.98 Å². The molecule has 1 heterocycles. The van der Waals surface area contributed by atoms with Crippen molar-refractivity contribution in [2.45, 2.75) is 38.0 Å². The van der Waals surface area contributed by atoms with Crippen molar-refractivity contribution in [1.29, 1.82) is 5.26 Å². The standard InChI is InChI=1S/C18H19N3/c19-9-10-1-2-15-16(8-10)21-18(20-15)17-13-4-11-3-12(6-13)7-14(17)5-11/h1-2,8,11-14,17H,3-7H2,(H,20,21). The fourth-order valence-electron chi connectivity index (χ4n) is 5.63. The van der Waals surface area contributed by atoms with Crippen LogP contribution in [0.4, 0.5) is 0 Å². The average Bonchev–Trinajstić information content (AvgIpc) is 2.88. The number of fused-ring (bicyclic) bond motifs is 1. The highest BCUT2D eigenvalue weighted by atomic mass is 14.9. The number of nitrogens with zero attached hydrogens (tertiary/aromatic N) is 2. The van der Waals surface area contributed by atoms with Crippen LogP contribution in [0.2, 0.25) is 0 Å². The molecule has 1 aromatic heterocycles. The van der Waals surface area contributed by atoms with Crippen molar-refractivity contribution < 1.29 is 0 Å². The summed E-state index contributed by atoms with van der Waals surface area (Å²) in [4.78, 5) is 8.41. The SMILES string of the molecule is N#Cc1ccc2nc(C3C4CC5CC(C4)CC3C5)[nH]c2c1. The van der Waals surface area contributed by atoms with E-state index in [1.54, 1.807) is 0 Å². The third-order valence-electron chi connectivity index (χ3n) is 6.17. The Hall–Kier alpha value is -1.82. The Kier molecular flexibility index (Phi) is 2.30. The maximum atomic E-state index is 9.03. The van der Waals surface area contributed by atoms with Crippen LogP contribution in [-0.4, -0.2) is 9.97 Å². The van der Waals surface area contributed by atoms with Crippen molar-refractivity contribution in [2.24, 2.45) is 23.7 Å². The number of H-pyrrole nitrogens is 1. The zero-order valence-corrected chi connectivity index (χ0v) is 12.0. The average molecular weight is 277 g/mol. The van der Waals surface area contributed by atoms with Crippen LogP contribution < -0.4 is 0 Å². The molecule has 4 aliphatic carbocycles. The lowest BCUT2D eigenvalue weighted by atomic mass is 9.52. The van der Waals surface area contributed by atoms with E-state index in [1.807, 2.05) is 18.2 Å². The molecule has 0 atom stereocenters. The van der Waals surface area contributed by atoms with E-state index in [4.69, 9.17) is 10.2 Å². The van der Waals surface area contributed by atoms with Gasteiger partial charge in [-0.1, -0.05) is 0 Å². The molecular formula is C18H19N3. The number of rotatable bonds is 1. The first-order valence-electron chi connectivity index (χ1n) is 8.20. The highest BCUT2D eigenvalue weighted by molar-refractivity contribution is 5.76. The maximum Gasteiger partial charge on any atom is 0.110 e. The molecule has 4 aliphatic rings. The highest BCUT2D eigenvalue weighted by Gasteiger charge is 2.49. The molecule has 4 saturated carbocycles. The lowest BCUT2D eigenvalue weighted by molar-refractivity contribution is -0.00528. The van der Waals surface area contributed by atoms with Crippen molar-refractivity contribution in [2.75, 3.05) is 0 Å². The molecule has 4 fully saturated rings. The van der Waals surface area contributed by atoms with E-state index in [9.17, 15) is 0 Å². The minimum atomic E-state index is 0.635. The van der Waals surface area contributed by atoms with Crippen LogP contribution in [0.1, 0.15) is 49.4 Å². The van der Waals surface area contributed by atoms with Crippen LogP contribution in [0.15, 0.2) is 18.2 Å². The number of nitriles is 1. The summed E-state index contributed by atoms with van der Waals surface area (Å²) in [7, 11) is 0. The fraction of sp³-hybridized carbons (Fsp3) is 0.556. The number of nitrogens with one attached hydrogen (secondary N) is 1. The lowest BCUT2D eigenvalue weighted by Crippen LogP contribution is -2.44. The molecule has 2 aromatic rings. The highest BCUT2D eigenvalue weighted by Crippen LogP contribution is 2.59. The molecule has 1 aromatic carbocycles. The third-order valence-corrected chi connectivity index (χ3v) is 6.17. The summed E-state index contributed by atoms with van der Waals surface area (Å²) in [5.74, 6) is 5.51. The molecule has 0 saturated heterocycles. The van der Waals surface area contributed by atoms with Crippen molar-refractivity contribution in [3.05, 3.63) is 29.6 Å². The number of aromatic amines is 1. The summed E-state index contributed by atoms with van der Waals surface area (Å²) < 4.78 is 0. The zero-order chi connectivity index (χ0) is 14.0. The molecular weight excluding hydrogens is 258 g/mol. The van der Waals surface area contributed by atoms with Gasteiger partial charge in [0.2, 0.25) is 0 Å². The van der Waals surface area contributed by atoms with Crippen LogP contribution >= 0.6 is 0 Å². The molecule has 106 valence electrons.